The molecule has 1 atom stereocenters. The molecule has 0 aliphatic carbocycles. The van der Waals surface area contributed by atoms with Gasteiger partial charge in [0.15, 0.2) is 11.6 Å². The highest BCUT2D eigenvalue weighted by atomic mass is 35.5. The van der Waals surface area contributed by atoms with Crippen LogP contribution in [0.2, 0.25) is 5.02 Å². The molecule has 3 aromatic rings. The largest absolute Gasteiger partial charge is 0.338 e. The summed E-state index contributed by atoms with van der Waals surface area (Å²) in [4.78, 5) is 19.0. The highest BCUT2D eigenvalue weighted by Gasteiger charge is 2.27. The SMILES string of the molecule is O=C(Nc1ccc(F)c(F)c1)C1CCCN(Cc2nc(-c3cccc(Cl)c3)no2)C1. The number of hydrogen-bond acceptors (Lipinski definition) is 5. The molecule has 1 amide bonds. The number of piperidine rings is 1. The fourth-order valence-electron chi connectivity index (χ4n) is 3.49. The number of benzene rings is 2. The van der Waals surface area contributed by atoms with E-state index in [1.165, 1.54) is 6.07 Å². The van der Waals surface area contributed by atoms with Crippen LogP contribution in [0.1, 0.15) is 18.7 Å². The zero-order valence-corrected chi connectivity index (χ0v) is 16.7. The van der Waals surface area contributed by atoms with Crippen LogP contribution in [-0.2, 0) is 11.3 Å². The molecule has 9 heteroatoms. The molecule has 0 radical (unpaired) electrons. The molecular formula is C21H19ClF2N4O2. The first-order chi connectivity index (χ1) is 14.5. The van der Waals surface area contributed by atoms with Crippen molar-refractivity contribution in [2.24, 2.45) is 5.92 Å². The van der Waals surface area contributed by atoms with Crippen molar-refractivity contribution >= 4 is 23.2 Å². The van der Waals surface area contributed by atoms with Gasteiger partial charge in [0.05, 0.1) is 12.5 Å². The van der Waals surface area contributed by atoms with Crippen LogP contribution >= 0.6 is 11.6 Å². The molecule has 156 valence electrons. The Balaban J connectivity index is 1.37. The molecule has 1 fully saturated rings. The predicted octanol–water partition coefficient (Wildman–Crippen LogP) is 4.52. The topological polar surface area (TPSA) is 71.3 Å². The summed E-state index contributed by atoms with van der Waals surface area (Å²) in [5.41, 5.74) is 0.999. The molecule has 1 unspecified atom stereocenters. The van der Waals surface area contributed by atoms with E-state index in [2.05, 4.69) is 20.4 Å². The Morgan fingerprint density at radius 1 is 1.23 bits per heavy atom. The highest BCUT2D eigenvalue weighted by Crippen LogP contribution is 2.23. The van der Waals surface area contributed by atoms with Gasteiger partial charge < -0.3 is 9.84 Å². The number of carbonyl (C=O) groups excluding carboxylic acids is 1. The number of aromatic nitrogens is 2. The molecule has 1 aliphatic heterocycles. The van der Waals surface area contributed by atoms with Crippen LogP contribution in [0.5, 0.6) is 0 Å². The van der Waals surface area contributed by atoms with Gasteiger partial charge in [-0.15, -0.1) is 0 Å². The van der Waals surface area contributed by atoms with E-state index >= 15 is 0 Å². The van der Waals surface area contributed by atoms with E-state index in [0.717, 1.165) is 30.7 Å². The van der Waals surface area contributed by atoms with Gasteiger partial charge >= 0.3 is 0 Å². The number of halogens is 3. The predicted molar refractivity (Wildman–Crippen MR) is 108 cm³/mol. The number of likely N-dealkylation sites (tertiary alicyclic amines) is 1. The summed E-state index contributed by atoms with van der Waals surface area (Å²) in [7, 11) is 0. The second-order valence-electron chi connectivity index (χ2n) is 7.21. The molecule has 2 heterocycles. The minimum absolute atomic E-state index is 0.226. The zero-order valence-electron chi connectivity index (χ0n) is 15.9. The number of nitrogens with zero attached hydrogens (tertiary/aromatic N) is 3. The molecule has 1 N–H and O–H groups in total. The molecule has 1 aliphatic rings. The third-order valence-electron chi connectivity index (χ3n) is 4.97. The number of rotatable bonds is 5. The van der Waals surface area contributed by atoms with Gasteiger partial charge in [0.1, 0.15) is 0 Å². The summed E-state index contributed by atoms with van der Waals surface area (Å²) in [5, 5.41) is 7.25. The molecular weight excluding hydrogens is 414 g/mol. The first-order valence-corrected chi connectivity index (χ1v) is 9.92. The van der Waals surface area contributed by atoms with Crippen LogP contribution in [0.3, 0.4) is 0 Å². The fraction of sp³-hybridized carbons (Fsp3) is 0.286. The standard InChI is InChI=1S/C21H19ClF2N4O2/c22-15-5-1-3-13(9-15)20-26-19(30-27-20)12-28-8-2-4-14(11-28)21(29)25-16-6-7-17(23)18(24)10-16/h1,3,5-7,9-10,14H,2,4,8,11-12H2,(H,25,29). The van der Waals surface area contributed by atoms with Crippen molar-refractivity contribution in [2.45, 2.75) is 19.4 Å². The first-order valence-electron chi connectivity index (χ1n) is 9.55. The molecule has 0 saturated carbocycles. The summed E-state index contributed by atoms with van der Waals surface area (Å²) in [6.45, 7) is 1.72. The maximum atomic E-state index is 13.4. The normalized spacial score (nSPS) is 17.1. The third-order valence-corrected chi connectivity index (χ3v) is 5.21. The summed E-state index contributed by atoms with van der Waals surface area (Å²) in [6, 6.07) is 10.5. The van der Waals surface area contributed by atoms with Gasteiger partial charge in [0.25, 0.3) is 0 Å². The van der Waals surface area contributed by atoms with Crippen LogP contribution in [0.15, 0.2) is 47.0 Å². The minimum Gasteiger partial charge on any atom is -0.338 e. The molecule has 4 rings (SSSR count). The van der Waals surface area contributed by atoms with E-state index in [1.54, 1.807) is 12.1 Å². The van der Waals surface area contributed by atoms with Crippen LogP contribution in [-0.4, -0.2) is 34.0 Å². The van der Waals surface area contributed by atoms with Crippen molar-refractivity contribution in [2.75, 3.05) is 18.4 Å². The number of nitrogens with one attached hydrogen (secondary N) is 1. The lowest BCUT2D eigenvalue weighted by molar-refractivity contribution is -0.121. The molecule has 30 heavy (non-hydrogen) atoms. The Hall–Kier alpha value is -2.84. The van der Waals surface area contributed by atoms with E-state index in [4.69, 9.17) is 16.1 Å². The monoisotopic (exact) mass is 432 g/mol. The average molecular weight is 433 g/mol. The average Bonchev–Trinajstić information content (AvgIpc) is 3.19. The molecule has 1 aromatic heterocycles. The van der Waals surface area contributed by atoms with Gasteiger partial charge in [-0.05, 0) is 43.7 Å². The Bertz CT molecular complexity index is 1060. The maximum Gasteiger partial charge on any atom is 0.241 e. The van der Waals surface area contributed by atoms with Crippen molar-refractivity contribution in [1.82, 2.24) is 15.0 Å². The quantitative estimate of drug-likeness (QED) is 0.642. The van der Waals surface area contributed by atoms with Gasteiger partial charge in [-0.3, -0.25) is 9.69 Å². The first kappa shape index (κ1) is 20.4. The van der Waals surface area contributed by atoms with Crippen molar-refractivity contribution in [3.63, 3.8) is 0 Å². The van der Waals surface area contributed by atoms with Crippen molar-refractivity contribution in [3.05, 3.63) is 65.0 Å². The van der Waals surface area contributed by atoms with Crippen LogP contribution in [0.4, 0.5) is 14.5 Å². The molecule has 0 bridgehead atoms. The smallest absolute Gasteiger partial charge is 0.241 e. The van der Waals surface area contributed by atoms with Crippen LogP contribution in [0.25, 0.3) is 11.4 Å². The minimum atomic E-state index is -0.995. The van der Waals surface area contributed by atoms with E-state index in [9.17, 15) is 13.6 Å². The molecule has 0 spiro atoms. The third kappa shape index (κ3) is 4.83. The van der Waals surface area contributed by atoms with E-state index < -0.39 is 11.6 Å². The second kappa shape index (κ2) is 8.89. The number of carbonyl (C=O) groups is 1. The lowest BCUT2D eigenvalue weighted by Gasteiger charge is -2.30. The van der Waals surface area contributed by atoms with E-state index in [0.29, 0.717) is 36.2 Å². The van der Waals surface area contributed by atoms with Crippen molar-refractivity contribution in [1.29, 1.82) is 0 Å². The van der Waals surface area contributed by atoms with Crippen LogP contribution < -0.4 is 5.32 Å². The summed E-state index contributed by atoms with van der Waals surface area (Å²) >= 11 is 6.01. The maximum absolute atomic E-state index is 13.4. The van der Waals surface area contributed by atoms with Crippen LogP contribution in [0, 0.1) is 17.6 Å². The number of hydrogen-bond donors (Lipinski definition) is 1. The second-order valence-corrected chi connectivity index (χ2v) is 7.65. The van der Waals surface area contributed by atoms with Gasteiger partial charge in [0, 0.05) is 28.9 Å². The number of amides is 1. The zero-order chi connectivity index (χ0) is 21.1. The van der Waals surface area contributed by atoms with Gasteiger partial charge in [-0.2, -0.15) is 4.98 Å². The molecule has 1 saturated heterocycles. The molecule has 6 nitrogen and oxygen atoms in total. The van der Waals surface area contributed by atoms with E-state index in [-0.39, 0.29) is 17.5 Å². The van der Waals surface area contributed by atoms with Gasteiger partial charge in [-0.1, -0.05) is 28.9 Å². The Labute approximate surface area is 176 Å². The van der Waals surface area contributed by atoms with Gasteiger partial charge in [0.2, 0.25) is 17.6 Å². The van der Waals surface area contributed by atoms with E-state index in [1.807, 2.05) is 12.1 Å². The summed E-state index contributed by atoms with van der Waals surface area (Å²) < 4.78 is 31.8. The summed E-state index contributed by atoms with van der Waals surface area (Å²) in [5.74, 6) is -1.54. The Morgan fingerprint density at radius 2 is 2.10 bits per heavy atom. The van der Waals surface area contributed by atoms with Gasteiger partial charge in [-0.25, -0.2) is 8.78 Å². The Morgan fingerprint density at radius 3 is 2.90 bits per heavy atom. The van der Waals surface area contributed by atoms with Crippen molar-refractivity contribution < 1.29 is 18.1 Å². The lowest BCUT2D eigenvalue weighted by atomic mass is 9.97. The number of anilines is 1. The summed E-state index contributed by atoms with van der Waals surface area (Å²) in [6.07, 6.45) is 1.54. The van der Waals surface area contributed by atoms with Crippen molar-refractivity contribution in [3.8, 4) is 11.4 Å². The Kier molecular flexibility index (Phi) is 6.06. The highest BCUT2D eigenvalue weighted by molar-refractivity contribution is 6.30. The lowest BCUT2D eigenvalue weighted by Crippen LogP contribution is -2.40. The fourth-order valence-corrected chi connectivity index (χ4v) is 3.68. The molecule has 2 aromatic carbocycles.